The first-order valence-electron chi connectivity index (χ1n) is 8.38. The van der Waals surface area contributed by atoms with Crippen LogP contribution >= 0.6 is 0 Å². The molecular weight excluding hydrogens is 384 g/mol. The molecule has 0 aliphatic carbocycles. The van der Waals surface area contributed by atoms with Crippen molar-refractivity contribution in [3.63, 3.8) is 0 Å². The number of rotatable bonds is 6. The van der Waals surface area contributed by atoms with Crippen molar-refractivity contribution < 1.29 is 38.8 Å². The molecule has 4 N–H and O–H groups in total. The van der Waals surface area contributed by atoms with Crippen molar-refractivity contribution in [2.24, 2.45) is 0 Å². The molecule has 1 aliphatic heterocycles. The summed E-state index contributed by atoms with van der Waals surface area (Å²) >= 11 is 0. The predicted octanol–water partition coefficient (Wildman–Crippen LogP) is 1.31. The quantitative estimate of drug-likeness (QED) is 0.524. The molecule has 2 aromatic carbocycles. The number of aliphatic carboxylic acids is 2. The molecule has 1 aliphatic rings. The third kappa shape index (κ3) is 7.03. The zero-order valence-corrected chi connectivity index (χ0v) is 15.5. The van der Waals surface area contributed by atoms with Gasteiger partial charge in [-0.05, 0) is 29.8 Å². The van der Waals surface area contributed by atoms with Crippen LogP contribution in [0.2, 0.25) is 0 Å². The van der Waals surface area contributed by atoms with Gasteiger partial charge >= 0.3 is 11.9 Å². The van der Waals surface area contributed by atoms with E-state index in [0.717, 1.165) is 11.3 Å². The van der Waals surface area contributed by atoms with E-state index in [4.69, 9.17) is 34.0 Å². The van der Waals surface area contributed by atoms with Crippen molar-refractivity contribution >= 4 is 23.5 Å². The molecule has 0 radical (unpaired) electrons. The van der Waals surface area contributed by atoms with E-state index < -0.39 is 11.9 Å². The molecule has 29 heavy (non-hydrogen) atoms. The van der Waals surface area contributed by atoms with E-state index in [2.05, 4.69) is 10.6 Å². The normalized spacial score (nSPS) is 11.1. The third-order valence-corrected chi connectivity index (χ3v) is 3.59. The van der Waals surface area contributed by atoms with Gasteiger partial charge in [-0.2, -0.15) is 0 Å². The van der Waals surface area contributed by atoms with E-state index in [1.807, 2.05) is 24.3 Å². The summed E-state index contributed by atoms with van der Waals surface area (Å²) in [6.07, 6.45) is 0. The standard InChI is InChI=1S/C17H18N2O4.C2H2O4/c1-21-14-4-2-3-12(7-14)9-18-10-17(20)19-13-5-6-15-16(8-13)23-11-22-15;3-1(4)2(5)6/h2-8,18H,9-11H2,1H3,(H,19,20);(H,3,4)(H,5,6). The average molecular weight is 404 g/mol. The van der Waals surface area contributed by atoms with Crippen molar-refractivity contribution in [3.05, 3.63) is 48.0 Å². The number of anilines is 1. The molecule has 0 saturated heterocycles. The van der Waals surface area contributed by atoms with Gasteiger partial charge in [-0.25, -0.2) is 9.59 Å². The highest BCUT2D eigenvalue weighted by atomic mass is 16.7. The first-order valence-corrected chi connectivity index (χ1v) is 8.38. The second-order valence-electron chi connectivity index (χ2n) is 5.68. The lowest BCUT2D eigenvalue weighted by Crippen LogP contribution is -2.27. The fourth-order valence-corrected chi connectivity index (χ4v) is 2.28. The predicted molar refractivity (Wildman–Crippen MR) is 101 cm³/mol. The summed E-state index contributed by atoms with van der Waals surface area (Å²) in [4.78, 5) is 30.2. The fourth-order valence-electron chi connectivity index (χ4n) is 2.28. The zero-order chi connectivity index (χ0) is 21.2. The highest BCUT2D eigenvalue weighted by molar-refractivity contribution is 6.27. The first-order chi connectivity index (χ1) is 13.9. The SMILES string of the molecule is COc1cccc(CNCC(=O)Nc2ccc3c(c2)OCO3)c1.O=C(O)C(=O)O. The van der Waals surface area contributed by atoms with Gasteiger partial charge in [0.2, 0.25) is 12.7 Å². The number of carbonyl (C=O) groups excluding carboxylic acids is 1. The van der Waals surface area contributed by atoms with Crippen LogP contribution in [0, 0.1) is 0 Å². The fraction of sp³-hybridized carbons (Fsp3) is 0.211. The minimum Gasteiger partial charge on any atom is -0.497 e. The molecule has 10 heteroatoms. The van der Waals surface area contributed by atoms with E-state index in [1.54, 1.807) is 25.3 Å². The van der Waals surface area contributed by atoms with Gasteiger partial charge in [-0.1, -0.05) is 12.1 Å². The van der Waals surface area contributed by atoms with Gasteiger partial charge in [0.1, 0.15) is 5.75 Å². The highest BCUT2D eigenvalue weighted by Crippen LogP contribution is 2.34. The Bertz CT molecular complexity index is 872. The van der Waals surface area contributed by atoms with Crippen LogP contribution in [0.1, 0.15) is 5.56 Å². The molecule has 0 aromatic heterocycles. The Morgan fingerprint density at radius 1 is 1.03 bits per heavy atom. The molecule has 0 spiro atoms. The van der Waals surface area contributed by atoms with Crippen LogP contribution in [0.25, 0.3) is 0 Å². The van der Waals surface area contributed by atoms with E-state index in [1.165, 1.54) is 0 Å². The van der Waals surface area contributed by atoms with Gasteiger partial charge < -0.3 is 35.1 Å². The van der Waals surface area contributed by atoms with Gasteiger partial charge in [-0.15, -0.1) is 0 Å². The van der Waals surface area contributed by atoms with Crippen LogP contribution < -0.4 is 24.8 Å². The lowest BCUT2D eigenvalue weighted by Gasteiger charge is -2.08. The molecule has 1 heterocycles. The van der Waals surface area contributed by atoms with E-state index in [-0.39, 0.29) is 19.2 Å². The molecule has 0 saturated carbocycles. The number of hydrogen-bond acceptors (Lipinski definition) is 7. The minimum absolute atomic E-state index is 0.119. The lowest BCUT2D eigenvalue weighted by molar-refractivity contribution is -0.159. The Balaban J connectivity index is 0.000000438. The van der Waals surface area contributed by atoms with E-state index in [9.17, 15) is 4.79 Å². The smallest absolute Gasteiger partial charge is 0.414 e. The second-order valence-corrected chi connectivity index (χ2v) is 5.68. The summed E-state index contributed by atoms with van der Waals surface area (Å²) < 4.78 is 15.7. The van der Waals surface area contributed by atoms with Gasteiger partial charge in [0.15, 0.2) is 11.5 Å². The molecule has 1 amide bonds. The number of carboxylic acid groups (broad SMARTS) is 2. The largest absolute Gasteiger partial charge is 0.497 e. The van der Waals surface area contributed by atoms with Crippen molar-refractivity contribution in [1.29, 1.82) is 0 Å². The summed E-state index contributed by atoms with van der Waals surface area (Å²) in [5.74, 6) is -1.63. The summed E-state index contributed by atoms with van der Waals surface area (Å²) in [6, 6.07) is 13.0. The number of hydrogen-bond donors (Lipinski definition) is 4. The average Bonchev–Trinajstić information content (AvgIpc) is 3.16. The topological polar surface area (TPSA) is 143 Å². The van der Waals surface area contributed by atoms with Crippen molar-refractivity contribution in [2.45, 2.75) is 6.54 Å². The molecule has 0 unspecified atom stereocenters. The van der Waals surface area contributed by atoms with Crippen LogP contribution in [0.3, 0.4) is 0 Å². The maximum Gasteiger partial charge on any atom is 0.414 e. The molecule has 0 fully saturated rings. The van der Waals surface area contributed by atoms with Crippen LogP contribution in [0.4, 0.5) is 5.69 Å². The number of fused-ring (bicyclic) bond motifs is 1. The number of carbonyl (C=O) groups is 3. The van der Waals surface area contributed by atoms with Gasteiger partial charge in [0.05, 0.1) is 13.7 Å². The Kier molecular flexibility index (Phi) is 7.80. The minimum atomic E-state index is -1.82. The molecule has 154 valence electrons. The Morgan fingerprint density at radius 3 is 2.45 bits per heavy atom. The molecule has 0 atom stereocenters. The highest BCUT2D eigenvalue weighted by Gasteiger charge is 2.14. The van der Waals surface area contributed by atoms with Crippen molar-refractivity contribution in [1.82, 2.24) is 5.32 Å². The van der Waals surface area contributed by atoms with Crippen molar-refractivity contribution in [2.75, 3.05) is 25.8 Å². The van der Waals surface area contributed by atoms with Gasteiger partial charge in [0, 0.05) is 18.3 Å². The van der Waals surface area contributed by atoms with Crippen molar-refractivity contribution in [3.8, 4) is 17.2 Å². The van der Waals surface area contributed by atoms with Gasteiger partial charge in [0.25, 0.3) is 0 Å². The number of ether oxygens (including phenoxy) is 3. The summed E-state index contributed by atoms with van der Waals surface area (Å²) in [5, 5.41) is 20.7. The summed E-state index contributed by atoms with van der Waals surface area (Å²) in [6.45, 7) is 1.02. The Hall–Kier alpha value is -3.79. The summed E-state index contributed by atoms with van der Waals surface area (Å²) in [7, 11) is 1.63. The van der Waals surface area contributed by atoms with E-state index in [0.29, 0.717) is 23.7 Å². The van der Waals surface area contributed by atoms with Crippen LogP contribution in [0.15, 0.2) is 42.5 Å². The molecular formula is C19H20N2O8. The monoisotopic (exact) mass is 404 g/mol. The third-order valence-electron chi connectivity index (χ3n) is 3.59. The number of carboxylic acids is 2. The Labute approximate surface area is 166 Å². The summed E-state index contributed by atoms with van der Waals surface area (Å²) in [5.41, 5.74) is 1.74. The number of nitrogens with one attached hydrogen (secondary N) is 2. The van der Waals surface area contributed by atoms with Crippen LogP contribution in [-0.2, 0) is 20.9 Å². The maximum absolute atomic E-state index is 12.0. The lowest BCUT2D eigenvalue weighted by atomic mass is 10.2. The molecule has 2 aromatic rings. The van der Waals surface area contributed by atoms with Gasteiger partial charge in [-0.3, -0.25) is 4.79 Å². The molecule has 3 rings (SSSR count). The maximum atomic E-state index is 12.0. The first kappa shape index (κ1) is 21.5. The number of methoxy groups -OCH3 is 1. The van der Waals surface area contributed by atoms with Crippen LogP contribution in [-0.4, -0.2) is 48.5 Å². The van der Waals surface area contributed by atoms with E-state index >= 15 is 0 Å². The van der Waals surface area contributed by atoms with Crippen LogP contribution in [0.5, 0.6) is 17.2 Å². The second kappa shape index (κ2) is 10.5. The Morgan fingerprint density at radius 2 is 1.76 bits per heavy atom. The molecule has 10 nitrogen and oxygen atoms in total. The number of amides is 1. The number of benzene rings is 2. The molecule has 0 bridgehead atoms. The zero-order valence-electron chi connectivity index (χ0n) is 15.5.